The van der Waals surface area contributed by atoms with Gasteiger partial charge in [0.15, 0.2) is 0 Å². The molecule has 0 unspecified atom stereocenters. The molecule has 0 spiro atoms. The van der Waals surface area contributed by atoms with Gasteiger partial charge in [-0.2, -0.15) is 0 Å². The van der Waals surface area contributed by atoms with Crippen molar-refractivity contribution in [3.8, 4) is 0 Å². The number of pyridine rings is 1. The van der Waals surface area contributed by atoms with Crippen LogP contribution in [0.5, 0.6) is 0 Å². The maximum Gasteiger partial charge on any atom is 0.262 e. The second kappa shape index (κ2) is 8.22. The topological polar surface area (TPSA) is 71.5 Å². The predicted molar refractivity (Wildman–Crippen MR) is 97.5 cm³/mol. The summed E-state index contributed by atoms with van der Waals surface area (Å²) in [6.45, 7) is 3.70. The lowest BCUT2D eigenvalue weighted by Crippen LogP contribution is -2.56. The molecule has 2 aromatic heterocycles. The van der Waals surface area contributed by atoms with Crippen LogP contribution in [0.4, 0.5) is 0 Å². The Bertz CT molecular complexity index is 702. The van der Waals surface area contributed by atoms with Gasteiger partial charge < -0.3 is 15.0 Å². The van der Waals surface area contributed by atoms with Crippen LogP contribution in [-0.4, -0.2) is 48.0 Å². The van der Waals surface area contributed by atoms with Crippen molar-refractivity contribution in [1.29, 1.82) is 0 Å². The first-order valence-electron chi connectivity index (χ1n) is 7.90. The molecule has 0 aromatic carbocycles. The summed E-state index contributed by atoms with van der Waals surface area (Å²) in [6, 6.07) is 8.73. The number of nitrogens with one attached hydrogen (secondary N) is 1. The molecule has 2 aromatic rings. The number of carbonyl (C=O) groups is 2. The van der Waals surface area contributed by atoms with Crippen molar-refractivity contribution in [3.63, 3.8) is 0 Å². The lowest BCUT2D eigenvalue weighted by atomic mass is 10.0. The van der Waals surface area contributed by atoms with Crippen LogP contribution in [0, 0.1) is 0 Å². The van der Waals surface area contributed by atoms with Gasteiger partial charge in [-0.25, -0.2) is 0 Å². The normalized spacial score (nSPS) is 12.5. The average Bonchev–Trinajstić information content (AvgIpc) is 3.13. The Morgan fingerprint density at radius 2 is 2.08 bits per heavy atom. The molecule has 7 heteroatoms. The van der Waals surface area contributed by atoms with E-state index >= 15 is 0 Å². The largest absolute Gasteiger partial charge is 0.382 e. The third-order valence-corrected chi connectivity index (χ3v) is 4.72. The molecule has 0 fully saturated rings. The molecule has 0 radical (unpaired) electrons. The van der Waals surface area contributed by atoms with Gasteiger partial charge in [0.25, 0.3) is 5.91 Å². The van der Waals surface area contributed by atoms with Crippen LogP contribution in [0.1, 0.15) is 35.3 Å². The van der Waals surface area contributed by atoms with Crippen LogP contribution in [0.25, 0.3) is 0 Å². The van der Waals surface area contributed by atoms with E-state index in [1.165, 1.54) is 11.3 Å². The molecule has 2 heterocycles. The Kier molecular flexibility index (Phi) is 6.27. The Balaban J connectivity index is 2.16. The molecule has 0 aliphatic rings. The third-order valence-electron chi connectivity index (χ3n) is 3.85. The van der Waals surface area contributed by atoms with E-state index in [1.807, 2.05) is 23.6 Å². The van der Waals surface area contributed by atoms with E-state index < -0.39 is 5.54 Å². The molecule has 0 saturated heterocycles. The third kappa shape index (κ3) is 4.64. The van der Waals surface area contributed by atoms with Crippen LogP contribution < -0.4 is 5.32 Å². The number of nitrogens with zero attached hydrogens (tertiary/aromatic N) is 2. The molecule has 25 heavy (non-hydrogen) atoms. The molecular weight excluding hydrogens is 338 g/mol. The second-order valence-corrected chi connectivity index (χ2v) is 7.15. The first-order chi connectivity index (χ1) is 11.9. The minimum atomic E-state index is -1.06. The summed E-state index contributed by atoms with van der Waals surface area (Å²) in [6.07, 6.45) is 1.68. The van der Waals surface area contributed by atoms with E-state index in [9.17, 15) is 9.59 Å². The van der Waals surface area contributed by atoms with Crippen molar-refractivity contribution >= 4 is 23.2 Å². The number of likely N-dealkylation sites (N-methyl/N-ethyl adjacent to an activating group) is 1. The van der Waals surface area contributed by atoms with Crippen molar-refractivity contribution in [1.82, 2.24) is 15.2 Å². The zero-order chi connectivity index (χ0) is 18.4. The minimum Gasteiger partial charge on any atom is -0.382 e. The van der Waals surface area contributed by atoms with Gasteiger partial charge in [-0.15, -0.1) is 11.3 Å². The maximum absolute atomic E-state index is 13.0. The highest BCUT2D eigenvalue weighted by molar-refractivity contribution is 7.12. The Morgan fingerprint density at radius 1 is 1.32 bits per heavy atom. The fourth-order valence-corrected chi connectivity index (χ4v) is 3.13. The Morgan fingerprint density at radius 3 is 2.64 bits per heavy atom. The minimum absolute atomic E-state index is 0.217. The zero-order valence-electron chi connectivity index (χ0n) is 14.9. The van der Waals surface area contributed by atoms with Crippen LogP contribution in [0.2, 0.25) is 0 Å². The van der Waals surface area contributed by atoms with Crippen molar-refractivity contribution in [2.24, 2.45) is 0 Å². The number of methoxy groups -OCH3 is 1. The molecule has 2 rings (SSSR count). The average molecular weight is 361 g/mol. The van der Waals surface area contributed by atoms with E-state index in [0.717, 1.165) is 5.69 Å². The van der Waals surface area contributed by atoms with Crippen LogP contribution in [-0.2, 0) is 9.53 Å². The number of rotatable bonds is 7. The molecule has 1 N–H and O–H groups in total. The summed E-state index contributed by atoms with van der Waals surface area (Å²) < 4.78 is 5.26. The van der Waals surface area contributed by atoms with Gasteiger partial charge >= 0.3 is 0 Å². The summed E-state index contributed by atoms with van der Waals surface area (Å²) in [5.74, 6) is -0.479. The lowest BCUT2D eigenvalue weighted by molar-refractivity contribution is -0.138. The van der Waals surface area contributed by atoms with Crippen LogP contribution in [0.3, 0.4) is 0 Å². The summed E-state index contributed by atoms with van der Waals surface area (Å²) in [4.78, 5) is 31.8. The fraction of sp³-hybridized carbons (Fsp3) is 0.389. The molecule has 0 aliphatic heterocycles. The Hall–Kier alpha value is -2.25. The number of carbonyl (C=O) groups excluding carboxylic acids is 2. The first kappa shape index (κ1) is 19.1. The standard InChI is InChI=1S/C18H23N3O3S/c1-18(2,20-16(22)15-9-7-11-25-15)17(23)21(3)14(12-24-4)13-8-5-6-10-19-13/h5-11,14H,12H2,1-4H3,(H,20,22)/t14-/m1/s1. The molecule has 0 aliphatic carbocycles. The lowest BCUT2D eigenvalue weighted by Gasteiger charge is -2.34. The van der Waals surface area contributed by atoms with Crippen molar-refractivity contribution < 1.29 is 14.3 Å². The number of amides is 2. The van der Waals surface area contributed by atoms with Gasteiger partial charge in [0.05, 0.1) is 23.2 Å². The number of aromatic nitrogens is 1. The van der Waals surface area contributed by atoms with Crippen molar-refractivity contribution in [2.75, 3.05) is 20.8 Å². The highest BCUT2D eigenvalue weighted by Gasteiger charge is 2.36. The Labute approximate surface area is 151 Å². The van der Waals surface area contributed by atoms with Crippen molar-refractivity contribution in [2.45, 2.75) is 25.4 Å². The molecule has 134 valence electrons. The van der Waals surface area contributed by atoms with E-state index in [1.54, 1.807) is 51.2 Å². The van der Waals surface area contributed by atoms with Gasteiger partial charge in [0.2, 0.25) is 5.91 Å². The summed E-state index contributed by atoms with van der Waals surface area (Å²) in [5, 5.41) is 4.63. The number of ether oxygens (including phenoxy) is 1. The van der Waals surface area contributed by atoms with E-state index in [4.69, 9.17) is 4.74 Å². The monoisotopic (exact) mass is 361 g/mol. The van der Waals surface area contributed by atoms with E-state index in [-0.39, 0.29) is 17.9 Å². The molecular formula is C18H23N3O3S. The summed E-state index contributed by atoms with van der Waals surface area (Å²) >= 11 is 1.34. The maximum atomic E-state index is 13.0. The molecule has 1 atom stereocenters. The molecule has 0 saturated carbocycles. The molecule has 2 amide bonds. The smallest absolute Gasteiger partial charge is 0.262 e. The van der Waals surface area contributed by atoms with Gasteiger partial charge in [-0.1, -0.05) is 12.1 Å². The quantitative estimate of drug-likeness (QED) is 0.822. The second-order valence-electron chi connectivity index (χ2n) is 6.20. The number of thiophene rings is 1. The van der Waals surface area contributed by atoms with Gasteiger partial charge in [0.1, 0.15) is 5.54 Å². The summed E-state index contributed by atoms with van der Waals surface area (Å²) in [7, 11) is 3.28. The first-order valence-corrected chi connectivity index (χ1v) is 8.78. The highest BCUT2D eigenvalue weighted by Crippen LogP contribution is 2.21. The van der Waals surface area contributed by atoms with E-state index in [0.29, 0.717) is 11.5 Å². The highest BCUT2D eigenvalue weighted by atomic mass is 32.1. The van der Waals surface area contributed by atoms with Crippen LogP contribution in [0.15, 0.2) is 41.9 Å². The molecule has 6 nitrogen and oxygen atoms in total. The zero-order valence-corrected chi connectivity index (χ0v) is 15.7. The summed E-state index contributed by atoms with van der Waals surface area (Å²) in [5.41, 5.74) is -0.322. The molecule has 0 bridgehead atoms. The number of hydrogen-bond acceptors (Lipinski definition) is 5. The number of hydrogen-bond donors (Lipinski definition) is 1. The van der Waals surface area contributed by atoms with Gasteiger partial charge in [-0.3, -0.25) is 14.6 Å². The van der Waals surface area contributed by atoms with Crippen LogP contribution >= 0.6 is 11.3 Å². The van der Waals surface area contributed by atoms with Gasteiger partial charge in [0, 0.05) is 20.4 Å². The van der Waals surface area contributed by atoms with Gasteiger partial charge in [-0.05, 0) is 37.4 Å². The fourth-order valence-electron chi connectivity index (χ4n) is 2.52. The predicted octanol–water partition coefficient (Wildman–Crippen LogP) is 2.50. The van der Waals surface area contributed by atoms with Crippen molar-refractivity contribution in [3.05, 3.63) is 52.5 Å². The SMILES string of the molecule is COC[C@H](c1ccccn1)N(C)C(=O)C(C)(C)NC(=O)c1cccs1. The van der Waals surface area contributed by atoms with E-state index in [2.05, 4.69) is 10.3 Å².